The molecule has 0 aliphatic rings. The summed E-state index contributed by atoms with van der Waals surface area (Å²) in [7, 11) is 1.69. The number of rotatable bonds is 13. The van der Waals surface area contributed by atoms with Gasteiger partial charge in [-0.05, 0) is 37.1 Å². The van der Waals surface area contributed by atoms with Crippen molar-refractivity contribution in [1.82, 2.24) is 5.32 Å². The summed E-state index contributed by atoms with van der Waals surface area (Å²) in [5.41, 5.74) is 1.21. The number of hydrogen-bond donors (Lipinski definition) is 1. The van der Waals surface area contributed by atoms with E-state index in [9.17, 15) is 0 Å². The molecule has 23 heavy (non-hydrogen) atoms. The predicted octanol–water partition coefficient (Wildman–Crippen LogP) is 5.70. The van der Waals surface area contributed by atoms with Crippen LogP contribution in [-0.2, 0) is 6.54 Å². The van der Waals surface area contributed by atoms with Gasteiger partial charge in [0.1, 0.15) is 0 Å². The van der Waals surface area contributed by atoms with Gasteiger partial charge in [0.05, 0.1) is 13.7 Å². The molecule has 0 radical (unpaired) electrons. The zero-order chi connectivity index (χ0) is 16.9. The Labute approximate surface area is 150 Å². The molecular formula is C19H32BrNO2. The van der Waals surface area contributed by atoms with E-state index in [1.165, 1.54) is 44.1 Å². The molecule has 1 aromatic rings. The van der Waals surface area contributed by atoms with Crippen molar-refractivity contribution in [1.29, 1.82) is 0 Å². The fourth-order valence-electron chi connectivity index (χ4n) is 2.45. The van der Waals surface area contributed by atoms with E-state index in [0.29, 0.717) is 6.61 Å². The third-order valence-electron chi connectivity index (χ3n) is 3.82. The van der Waals surface area contributed by atoms with Crippen LogP contribution in [0.1, 0.15) is 64.4 Å². The van der Waals surface area contributed by atoms with Crippen molar-refractivity contribution >= 4 is 15.9 Å². The van der Waals surface area contributed by atoms with Crippen molar-refractivity contribution in [3.05, 3.63) is 22.2 Å². The lowest BCUT2D eigenvalue weighted by atomic mass is 10.1. The summed E-state index contributed by atoms with van der Waals surface area (Å²) >= 11 is 3.64. The molecule has 1 rings (SSSR count). The first-order valence-corrected chi connectivity index (χ1v) is 9.72. The number of methoxy groups -OCH3 is 1. The first-order valence-electron chi connectivity index (χ1n) is 8.92. The van der Waals surface area contributed by atoms with Gasteiger partial charge in [-0.1, -0.05) is 61.9 Å². The molecule has 0 unspecified atom stereocenters. The average Bonchev–Trinajstić information content (AvgIpc) is 2.56. The molecule has 0 heterocycles. The van der Waals surface area contributed by atoms with Gasteiger partial charge in [0.2, 0.25) is 0 Å². The summed E-state index contributed by atoms with van der Waals surface area (Å²) in [6.07, 6.45) is 8.97. The number of ether oxygens (including phenoxy) is 2. The van der Waals surface area contributed by atoms with Gasteiger partial charge in [0.15, 0.2) is 11.5 Å². The number of benzene rings is 1. The molecule has 0 fully saturated rings. The van der Waals surface area contributed by atoms with Crippen LogP contribution in [0.3, 0.4) is 0 Å². The Balaban J connectivity index is 2.38. The summed E-state index contributed by atoms with van der Waals surface area (Å²) < 4.78 is 12.2. The van der Waals surface area contributed by atoms with E-state index in [0.717, 1.165) is 35.5 Å². The van der Waals surface area contributed by atoms with E-state index in [2.05, 4.69) is 41.2 Å². The van der Waals surface area contributed by atoms with Crippen molar-refractivity contribution in [3.8, 4) is 11.5 Å². The van der Waals surface area contributed by atoms with Gasteiger partial charge in [0, 0.05) is 11.0 Å². The monoisotopic (exact) mass is 385 g/mol. The van der Waals surface area contributed by atoms with E-state index >= 15 is 0 Å². The Kier molecular flexibility index (Phi) is 11.2. The molecule has 0 atom stereocenters. The average molecular weight is 386 g/mol. The molecule has 0 spiro atoms. The van der Waals surface area contributed by atoms with Crippen LogP contribution >= 0.6 is 15.9 Å². The van der Waals surface area contributed by atoms with Gasteiger partial charge in [-0.2, -0.15) is 0 Å². The maximum Gasteiger partial charge on any atom is 0.162 e. The van der Waals surface area contributed by atoms with Crippen LogP contribution in [-0.4, -0.2) is 20.3 Å². The molecular weight excluding hydrogens is 354 g/mol. The predicted molar refractivity (Wildman–Crippen MR) is 102 cm³/mol. The van der Waals surface area contributed by atoms with E-state index in [1.54, 1.807) is 7.11 Å². The second kappa shape index (κ2) is 12.7. The van der Waals surface area contributed by atoms with Gasteiger partial charge in [0.25, 0.3) is 0 Å². The van der Waals surface area contributed by atoms with Crippen molar-refractivity contribution in [3.63, 3.8) is 0 Å². The maximum atomic E-state index is 5.73. The van der Waals surface area contributed by atoms with Crippen LogP contribution in [0.25, 0.3) is 0 Å². The summed E-state index contributed by atoms with van der Waals surface area (Å²) in [5, 5.41) is 3.52. The maximum absolute atomic E-state index is 5.73. The topological polar surface area (TPSA) is 30.5 Å². The Morgan fingerprint density at radius 3 is 2.39 bits per heavy atom. The highest BCUT2D eigenvalue weighted by Gasteiger charge is 2.10. The van der Waals surface area contributed by atoms with Crippen LogP contribution in [0, 0.1) is 0 Å². The molecule has 0 aliphatic carbocycles. The Morgan fingerprint density at radius 2 is 1.70 bits per heavy atom. The summed E-state index contributed by atoms with van der Waals surface area (Å²) in [6.45, 7) is 6.97. The molecule has 1 aromatic carbocycles. The number of unbranched alkanes of at least 4 members (excludes halogenated alkanes) is 5. The SMILES string of the molecule is CCCCCCCCNCc1cc(OC)c(OCCC)cc1Br. The van der Waals surface area contributed by atoms with Crippen molar-refractivity contribution in [2.45, 2.75) is 65.3 Å². The van der Waals surface area contributed by atoms with Crippen LogP contribution in [0.5, 0.6) is 11.5 Å². The van der Waals surface area contributed by atoms with Crippen molar-refractivity contribution in [2.24, 2.45) is 0 Å². The van der Waals surface area contributed by atoms with Crippen LogP contribution in [0.4, 0.5) is 0 Å². The molecule has 3 nitrogen and oxygen atoms in total. The van der Waals surface area contributed by atoms with Crippen LogP contribution in [0.15, 0.2) is 16.6 Å². The zero-order valence-electron chi connectivity index (χ0n) is 14.9. The van der Waals surface area contributed by atoms with Gasteiger partial charge in [-0.25, -0.2) is 0 Å². The van der Waals surface area contributed by atoms with Crippen LogP contribution < -0.4 is 14.8 Å². The summed E-state index contributed by atoms with van der Waals surface area (Å²) in [5.74, 6) is 1.61. The lowest BCUT2D eigenvalue weighted by Crippen LogP contribution is -2.15. The van der Waals surface area contributed by atoms with Crippen molar-refractivity contribution < 1.29 is 9.47 Å². The molecule has 0 saturated carbocycles. The zero-order valence-corrected chi connectivity index (χ0v) is 16.5. The van der Waals surface area contributed by atoms with Crippen LogP contribution in [0.2, 0.25) is 0 Å². The van der Waals surface area contributed by atoms with Gasteiger partial charge >= 0.3 is 0 Å². The molecule has 0 aliphatic heterocycles. The number of nitrogens with one attached hydrogen (secondary N) is 1. The fraction of sp³-hybridized carbons (Fsp3) is 0.684. The lowest BCUT2D eigenvalue weighted by Gasteiger charge is -2.14. The summed E-state index contributed by atoms with van der Waals surface area (Å²) in [6, 6.07) is 4.07. The molecule has 0 amide bonds. The minimum Gasteiger partial charge on any atom is -0.493 e. The first kappa shape index (κ1) is 20.3. The van der Waals surface area contributed by atoms with E-state index in [4.69, 9.17) is 9.47 Å². The molecule has 1 N–H and O–H groups in total. The molecule has 132 valence electrons. The van der Waals surface area contributed by atoms with Gasteiger partial charge in [-0.3, -0.25) is 0 Å². The minimum absolute atomic E-state index is 0.707. The molecule has 0 aromatic heterocycles. The second-order valence-corrected chi connectivity index (χ2v) is 6.74. The summed E-state index contributed by atoms with van der Waals surface area (Å²) in [4.78, 5) is 0. The quantitative estimate of drug-likeness (QED) is 0.442. The Hall–Kier alpha value is -0.740. The number of halogens is 1. The highest BCUT2D eigenvalue weighted by Crippen LogP contribution is 2.33. The smallest absolute Gasteiger partial charge is 0.162 e. The third kappa shape index (κ3) is 8.07. The standard InChI is InChI=1S/C19H32BrNO2/c1-4-6-7-8-9-10-11-21-15-16-13-18(22-3)19(14-17(16)20)23-12-5-2/h13-14,21H,4-12,15H2,1-3H3. The van der Waals surface area contributed by atoms with Crippen molar-refractivity contribution in [2.75, 3.05) is 20.3 Å². The van der Waals surface area contributed by atoms with Gasteiger partial charge in [-0.15, -0.1) is 0 Å². The molecule has 0 saturated heterocycles. The Morgan fingerprint density at radius 1 is 0.957 bits per heavy atom. The van der Waals surface area contributed by atoms with E-state index in [-0.39, 0.29) is 0 Å². The lowest BCUT2D eigenvalue weighted by molar-refractivity contribution is 0.294. The third-order valence-corrected chi connectivity index (χ3v) is 4.56. The molecule has 0 bridgehead atoms. The molecule has 4 heteroatoms. The minimum atomic E-state index is 0.707. The largest absolute Gasteiger partial charge is 0.493 e. The number of hydrogen-bond acceptors (Lipinski definition) is 3. The fourth-order valence-corrected chi connectivity index (χ4v) is 2.91. The first-order chi connectivity index (χ1) is 11.2. The van der Waals surface area contributed by atoms with E-state index < -0.39 is 0 Å². The second-order valence-electron chi connectivity index (χ2n) is 5.89. The van der Waals surface area contributed by atoms with E-state index in [1.807, 2.05) is 6.07 Å². The highest BCUT2D eigenvalue weighted by atomic mass is 79.9. The highest BCUT2D eigenvalue weighted by molar-refractivity contribution is 9.10. The van der Waals surface area contributed by atoms with Gasteiger partial charge < -0.3 is 14.8 Å². The Bertz CT molecular complexity index is 438. The normalized spacial score (nSPS) is 10.8.